The number of benzene rings is 1. The molecule has 0 aromatic heterocycles. The van der Waals surface area contributed by atoms with Gasteiger partial charge in [-0.3, -0.25) is 9.59 Å². The minimum absolute atomic E-state index is 0.103. The Hall–Kier alpha value is -0.630. The van der Waals surface area contributed by atoms with Gasteiger partial charge in [0, 0.05) is 21.0 Å². The van der Waals surface area contributed by atoms with E-state index in [1.165, 1.54) is 0 Å². The van der Waals surface area contributed by atoms with Gasteiger partial charge in [-0.2, -0.15) is 0 Å². The summed E-state index contributed by atoms with van der Waals surface area (Å²) in [7, 11) is 0. The molecule has 0 heterocycles. The number of rotatable bonds is 7. The Balaban J connectivity index is 2.50. The number of amides is 1. The number of carbonyl (C=O) groups excluding carboxylic acids is 1. The van der Waals surface area contributed by atoms with E-state index in [4.69, 9.17) is 5.11 Å². The molecular weight excluding hydrogens is 449 g/mol. The van der Waals surface area contributed by atoms with E-state index in [2.05, 4.69) is 43.8 Å². The molecule has 21 heavy (non-hydrogen) atoms. The number of carboxylic acid groups (broad SMARTS) is 1. The molecule has 0 aliphatic carbocycles. The average Bonchev–Trinajstić information content (AvgIpc) is 2.39. The second kappa shape index (κ2) is 8.12. The molecule has 0 aliphatic rings. The molecule has 0 saturated carbocycles. The molecule has 0 saturated heterocycles. The smallest absolute Gasteiger partial charge is 0.303 e. The molecule has 0 aliphatic heterocycles. The minimum atomic E-state index is -0.782. The van der Waals surface area contributed by atoms with E-state index in [0.717, 1.165) is 14.5 Å². The molecule has 4 nitrogen and oxygen atoms in total. The van der Waals surface area contributed by atoms with E-state index in [-0.39, 0.29) is 17.7 Å². The highest BCUT2D eigenvalue weighted by molar-refractivity contribution is 14.1. The largest absolute Gasteiger partial charge is 0.481 e. The van der Waals surface area contributed by atoms with E-state index in [9.17, 15) is 9.59 Å². The van der Waals surface area contributed by atoms with Gasteiger partial charge in [0.25, 0.3) is 5.91 Å². The summed E-state index contributed by atoms with van der Waals surface area (Å²) in [5.41, 5.74) is 0.513. The molecule has 0 unspecified atom stereocenters. The highest BCUT2D eigenvalue weighted by atomic mass is 127. The molecule has 1 amide bonds. The van der Waals surface area contributed by atoms with Crippen LogP contribution in [0.2, 0.25) is 0 Å². The summed E-state index contributed by atoms with van der Waals surface area (Å²) < 4.78 is 1.77. The molecule has 1 aromatic rings. The number of nitrogens with one attached hydrogen (secondary N) is 1. The number of hydrogen-bond donors (Lipinski definition) is 2. The molecule has 0 radical (unpaired) electrons. The molecule has 0 bridgehead atoms. The van der Waals surface area contributed by atoms with Crippen molar-refractivity contribution in [3.05, 3.63) is 31.8 Å². The number of halogens is 2. The molecule has 6 heteroatoms. The van der Waals surface area contributed by atoms with Crippen molar-refractivity contribution in [3.8, 4) is 0 Å². The molecule has 0 fully saturated rings. The summed E-state index contributed by atoms with van der Waals surface area (Å²) in [6, 6.07) is 5.61. The third-order valence-electron chi connectivity index (χ3n) is 3.28. The Morgan fingerprint density at radius 1 is 1.33 bits per heavy atom. The lowest BCUT2D eigenvalue weighted by atomic mass is 9.84. The van der Waals surface area contributed by atoms with Gasteiger partial charge in [-0.1, -0.05) is 13.8 Å². The van der Waals surface area contributed by atoms with E-state index in [1.54, 1.807) is 0 Å². The molecule has 1 aromatic carbocycles. The zero-order valence-corrected chi connectivity index (χ0v) is 15.8. The van der Waals surface area contributed by atoms with E-state index in [0.29, 0.717) is 18.5 Å². The van der Waals surface area contributed by atoms with Crippen LogP contribution in [-0.4, -0.2) is 23.5 Å². The third kappa shape index (κ3) is 6.78. The van der Waals surface area contributed by atoms with Gasteiger partial charge in [0.15, 0.2) is 0 Å². The fraction of sp³-hybridized carbons (Fsp3) is 0.467. The molecule has 2 N–H and O–H groups in total. The van der Waals surface area contributed by atoms with Gasteiger partial charge in [0.2, 0.25) is 0 Å². The lowest BCUT2D eigenvalue weighted by molar-refractivity contribution is -0.137. The quantitative estimate of drug-likeness (QED) is 0.594. The van der Waals surface area contributed by atoms with Gasteiger partial charge in [-0.25, -0.2) is 0 Å². The van der Waals surface area contributed by atoms with Gasteiger partial charge in [0.05, 0.1) is 5.56 Å². The third-order valence-corrected chi connectivity index (χ3v) is 4.64. The summed E-state index contributed by atoms with van der Waals surface area (Å²) >= 11 is 5.54. The molecule has 1 rings (SSSR count). The highest BCUT2D eigenvalue weighted by Gasteiger charge is 2.19. The van der Waals surface area contributed by atoms with Crippen LogP contribution in [0.25, 0.3) is 0 Å². The first-order chi connectivity index (χ1) is 9.71. The number of carbonyl (C=O) groups is 2. The summed E-state index contributed by atoms with van der Waals surface area (Å²) in [6.07, 6.45) is 1.50. The first-order valence-electron chi connectivity index (χ1n) is 6.66. The normalized spacial score (nSPS) is 11.2. The molecule has 0 spiro atoms. The predicted molar refractivity (Wildman–Crippen MR) is 94.5 cm³/mol. The second-order valence-electron chi connectivity index (χ2n) is 5.69. The lowest BCUT2D eigenvalue weighted by Gasteiger charge is -2.23. The predicted octanol–water partition coefficient (Wildman–Crippen LogP) is 4.06. The van der Waals surface area contributed by atoms with E-state index in [1.807, 2.05) is 32.0 Å². The van der Waals surface area contributed by atoms with Crippen LogP contribution in [0, 0.1) is 8.99 Å². The Bertz CT molecular complexity index is 532. The summed E-state index contributed by atoms with van der Waals surface area (Å²) in [4.78, 5) is 22.7. The number of carboxylic acids is 1. The van der Waals surface area contributed by atoms with Gasteiger partial charge < -0.3 is 10.4 Å². The molecule has 116 valence electrons. The Morgan fingerprint density at radius 3 is 2.62 bits per heavy atom. The van der Waals surface area contributed by atoms with Crippen LogP contribution < -0.4 is 5.32 Å². The van der Waals surface area contributed by atoms with Crippen LogP contribution in [0.1, 0.15) is 43.5 Å². The Kier molecular flexibility index (Phi) is 7.12. The Morgan fingerprint density at radius 2 is 2.00 bits per heavy atom. The fourth-order valence-electron chi connectivity index (χ4n) is 1.85. The van der Waals surface area contributed by atoms with E-state index < -0.39 is 5.97 Å². The van der Waals surface area contributed by atoms with Crippen LogP contribution in [0.5, 0.6) is 0 Å². The van der Waals surface area contributed by atoms with E-state index >= 15 is 0 Å². The van der Waals surface area contributed by atoms with Gasteiger partial charge in [-0.05, 0) is 75.0 Å². The van der Waals surface area contributed by atoms with Crippen LogP contribution in [0.4, 0.5) is 0 Å². The zero-order valence-electron chi connectivity index (χ0n) is 12.1. The lowest BCUT2D eigenvalue weighted by Crippen LogP contribution is -2.28. The maximum Gasteiger partial charge on any atom is 0.303 e. The first-order valence-corrected chi connectivity index (χ1v) is 8.53. The average molecular weight is 468 g/mol. The van der Waals surface area contributed by atoms with Gasteiger partial charge in [0.1, 0.15) is 0 Å². The number of aliphatic carboxylic acids is 1. The Labute approximate surface area is 147 Å². The monoisotopic (exact) mass is 467 g/mol. The molecular formula is C15H19BrINO3. The van der Waals surface area contributed by atoms with Crippen molar-refractivity contribution in [1.29, 1.82) is 0 Å². The van der Waals surface area contributed by atoms with Crippen molar-refractivity contribution < 1.29 is 14.7 Å². The van der Waals surface area contributed by atoms with Crippen molar-refractivity contribution in [1.82, 2.24) is 5.32 Å². The van der Waals surface area contributed by atoms with Crippen LogP contribution in [0.15, 0.2) is 22.7 Å². The van der Waals surface area contributed by atoms with Crippen LogP contribution >= 0.6 is 38.5 Å². The molecule has 0 atom stereocenters. The summed E-state index contributed by atoms with van der Waals surface area (Å²) in [6.45, 7) is 4.57. The fourth-order valence-corrected chi connectivity index (χ4v) is 2.77. The van der Waals surface area contributed by atoms with Crippen molar-refractivity contribution in [2.45, 2.75) is 33.1 Å². The highest BCUT2D eigenvalue weighted by Crippen LogP contribution is 2.26. The number of hydrogen-bond acceptors (Lipinski definition) is 2. The minimum Gasteiger partial charge on any atom is -0.481 e. The first kappa shape index (κ1) is 18.4. The topological polar surface area (TPSA) is 66.4 Å². The maximum atomic E-state index is 12.1. The van der Waals surface area contributed by atoms with Crippen LogP contribution in [-0.2, 0) is 4.79 Å². The van der Waals surface area contributed by atoms with Crippen molar-refractivity contribution >= 4 is 50.4 Å². The van der Waals surface area contributed by atoms with Crippen molar-refractivity contribution in [2.75, 3.05) is 6.54 Å². The van der Waals surface area contributed by atoms with Crippen molar-refractivity contribution in [3.63, 3.8) is 0 Å². The summed E-state index contributed by atoms with van der Waals surface area (Å²) in [5, 5.41) is 11.6. The second-order valence-corrected chi connectivity index (χ2v) is 7.79. The maximum absolute atomic E-state index is 12.1. The standard InChI is InChI=1S/C15H19BrINO3/c1-15(2,6-5-13(19)20)7-8-18-14(21)11-9-10(17)3-4-12(11)16/h3-4,9H,5-8H2,1-2H3,(H,18,21)(H,19,20). The van der Waals surface area contributed by atoms with Gasteiger partial charge >= 0.3 is 5.97 Å². The summed E-state index contributed by atoms with van der Waals surface area (Å²) in [5.74, 6) is -0.899. The SMILES string of the molecule is CC(C)(CCNC(=O)c1cc(I)ccc1Br)CCC(=O)O. The zero-order chi connectivity index (χ0) is 16.0. The van der Waals surface area contributed by atoms with Crippen molar-refractivity contribution in [2.24, 2.45) is 5.41 Å². The van der Waals surface area contributed by atoms with Gasteiger partial charge in [-0.15, -0.1) is 0 Å². The van der Waals surface area contributed by atoms with Crippen LogP contribution in [0.3, 0.4) is 0 Å².